The number of rotatable bonds is 9. The van der Waals surface area contributed by atoms with E-state index in [1.54, 1.807) is 12.1 Å². The monoisotopic (exact) mass is 552 g/mol. The maximum Gasteiger partial charge on any atom is 0.573 e. The Balaban J connectivity index is 1.79. The fourth-order valence-electron chi connectivity index (χ4n) is 3.69. The summed E-state index contributed by atoms with van der Waals surface area (Å²) in [5.74, 6) is -0.434. The molecule has 1 aliphatic rings. The molecule has 0 saturated heterocycles. The smallest absolute Gasteiger partial charge is 0.406 e. The summed E-state index contributed by atoms with van der Waals surface area (Å²) < 4.78 is 41.4. The normalized spacial score (nSPS) is 15.9. The Hall–Kier alpha value is -3.25. The van der Waals surface area contributed by atoms with Crippen molar-refractivity contribution in [2.75, 3.05) is 28.6 Å². The van der Waals surface area contributed by atoms with Crippen LogP contribution in [0.5, 0.6) is 5.75 Å². The van der Waals surface area contributed by atoms with Crippen molar-refractivity contribution in [1.29, 1.82) is 0 Å². The molecule has 0 aliphatic carbocycles. The molecular formula is C26H31F3N4O4S. The van der Waals surface area contributed by atoms with Crippen LogP contribution in [-0.2, 0) is 20.9 Å². The van der Waals surface area contributed by atoms with Gasteiger partial charge in [-0.1, -0.05) is 32.9 Å². The van der Waals surface area contributed by atoms with E-state index in [0.29, 0.717) is 48.6 Å². The summed E-state index contributed by atoms with van der Waals surface area (Å²) in [4.78, 5) is 40.9. The standard InChI is InChI=1S/C26H31F3N4O4S/c1-25(2,3)24(36)31-11-4-12-32(16-34)18-7-10-22-21(13-18)33(23(35)20(30)15-38-22)14-17-5-8-19(9-6-17)37-26(27,28)29/h5-10,13,16,20H,4,11-12,14-15,30H2,1-3H3,(H,31,36)/t20-/m0/s1. The van der Waals surface area contributed by atoms with Crippen LogP contribution in [0, 0.1) is 5.41 Å². The van der Waals surface area contributed by atoms with E-state index in [-0.39, 0.29) is 24.1 Å². The topological polar surface area (TPSA) is 105 Å². The van der Waals surface area contributed by atoms with Gasteiger partial charge >= 0.3 is 6.36 Å². The van der Waals surface area contributed by atoms with Crippen LogP contribution in [0.1, 0.15) is 32.8 Å². The fraction of sp³-hybridized carbons (Fsp3) is 0.423. The van der Waals surface area contributed by atoms with Crippen LogP contribution in [0.25, 0.3) is 0 Å². The first-order valence-electron chi connectivity index (χ1n) is 12.0. The zero-order valence-corrected chi connectivity index (χ0v) is 22.2. The van der Waals surface area contributed by atoms with E-state index in [2.05, 4.69) is 10.1 Å². The highest BCUT2D eigenvalue weighted by molar-refractivity contribution is 7.99. The molecule has 1 heterocycles. The molecule has 3 rings (SSSR count). The highest BCUT2D eigenvalue weighted by atomic mass is 32.2. The number of thioether (sulfide) groups is 1. The van der Waals surface area contributed by atoms with Crippen molar-refractivity contribution in [3.63, 3.8) is 0 Å². The van der Waals surface area contributed by atoms with Crippen LogP contribution < -0.4 is 25.6 Å². The molecule has 1 aliphatic heterocycles. The van der Waals surface area contributed by atoms with Gasteiger partial charge in [0.05, 0.1) is 18.3 Å². The van der Waals surface area contributed by atoms with Crippen LogP contribution in [-0.4, -0.2) is 49.5 Å². The van der Waals surface area contributed by atoms with Crippen molar-refractivity contribution in [2.45, 2.75) is 51.0 Å². The number of anilines is 2. The number of hydrogen-bond acceptors (Lipinski definition) is 6. The van der Waals surface area contributed by atoms with Gasteiger partial charge in [0, 0.05) is 34.8 Å². The van der Waals surface area contributed by atoms with Gasteiger partial charge in [0.1, 0.15) is 5.75 Å². The van der Waals surface area contributed by atoms with Gasteiger partial charge < -0.3 is 25.6 Å². The summed E-state index contributed by atoms with van der Waals surface area (Å²) in [5, 5.41) is 2.85. The van der Waals surface area contributed by atoms with Crippen molar-refractivity contribution < 1.29 is 32.3 Å². The minimum absolute atomic E-state index is 0.0652. The van der Waals surface area contributed by atoms with E-state index in [9.17, 15) is 27.6 Å². The predicted octanol–water partition coefficient (Wildman–Crippen LogP) is 4.07. The molecule has 2 aromatic rings. The second kappa shape index (κ2) is 12.1. The van der Waals surface area contributed by atoms with E-state index in [4.69, 9.17) is 5.73 Å². The zero-order chi connectivity index (χ0) is 28.1. The second-order valence-corrected chi connectivity index (χ2v) is 10.9. The van der Waals surface area contributed by atoms with E-state index in [0.717, 1.165) is 4.90 Å². The van der Waals surface area contributed by atoms with Crippen molar-refractivity contribution in [3.05, 3.63) is 48.0 Å². The second-order valence-electron chi connectivity index (χ2n) is 9.84. The third-order valence-corrected chi connectivity index (χ3v) is 6.92. The fourth-order valence-corrected chi connectivity index (χ4v) is 4.67. The van der Waals surface area contributed by atoms with Crippen molar-refractivity contribution in [1.82, 2.24) is 5.32 Å². The van der Waals surface area contributed by atoms with E-state index < -0.39 is 17.8 Å². The van der Waals surface area contributed by atoms with Gasteiger partial charge in [-0.25, -0.2) is 0 Å². The molecule has 206 valence electrons. The van der Waals surface area contributed by atoms with Crippen LogP contribution in [0.4, 0.5) is 24.5 Å². The number of halogens is 3. The molecule has 0 spiro atoms. The maximum atomic E-state index is 13.2. The van der Waals surface area contributed by atoms with E-state index in [1.165, 1.54) is 45.8 Å². The van der Waals surface area contributed by atoms with Gasteiger partial charge in [0.25, 0.3) is 0 Å². The van der Waals surface area contributed by atoms with Crippen LogP contribution in [0.2, 0.25) is 0 Å². The highest BCUT2D eigenvalue weighted by Gasteiger charge is 2.32. The Morgan fingerprint density at radius 3 is 2.50 bits per heavy atom. The average molecular weight is 553 g/mol. The lowest BCUT2D eigenvalue weighted by molar-refractivity contribution is -0.274. The first kappa shape index (κ1) is 29.3. The lowest BCUT2D eigenvalue weighted by Gasteiger charge is -2.26. The number of fused-ring (bicyclic) bond motifs is 1. The zero-order valence-electron chi connectivity index (χ0n) is 21.4. The lowest BCUT2D eigenvalue weighted by atomic mass is 9.96. The molecule has 0 bridgehead atoms. The van der Waals surface area contributed by atoms with E-state index in [1.807, 2.05) is 26.8 Å². The Bertz CT molecular complexity index is 1150. The summed E-state index contributed by atoms with van der Waals surface area (Å²) in [6, 6.07) is 9.80. The highest BCUT2D eigenvalue weighted by Crippen LogP contribution is 2.38. The van der Waals surface area contributed by atoms with Crippen LogP contribution in [0.3, 0.4) is 0 Å². The maximum absolute atomic E-state index is 13.2. The minimum atomic E-state index is -4.80. The van der Waals surface area contributed by atoms with Crippen LogP contribution in [0.15, 0.2) is 47.4 Å². The molecule has 8 nitrogen and oxygen atoms in total. The molecule has 0 unspecified atom stereocenters. The number of nitrogens with one attached hydrogen (secondary N) is 1. The summed E-state index contributed by atoms with van der Waals surface area (Å²) in [5.41, 5.74) is 7.27. The number of benzene rings is 2. The third-order valence-electron chi connectivity index (χ3n) is 5.73. The number of ether oxygens (including phenoxy) is 1. The largest absolute Gasteiger partial charge is 0.573 e. The first-order chi connectivity index (χ1) is 17.8. The molecule has 12 heteroatoms. The molecule has 1 atom stereocenters. The number of carbonyl (C=O) groups excluding carboxylic acids is 3. The van der Waals surface area contributed by atoms with Crippen molar-refractivity contribution in [3.8, 4) is 5.75 Å². The number of nitrogens with zero attached hydrogens (tertiary/aromatic N) is 2. The number of nitrogens with two attached hydrogens (primary N) is 1. The van der Waals surface area contributed by atoms with Gasteiger partial charge in [0.2, 0.25) is 18.2 Å². The lowest BCUT2D eigenvalue weighted by Crippen LogP contribution is -2.44. The summed E-state index contributed by atoms with van der Waals surface area (Å²) >= 11 is 1.41. The van der Waals surface area contributed by atoms with Crippen molar-refractivity contribution >= 4 is 41.4 Å². The quantitative estimate of drug-likeness (QED) is 0.359. The average Bonchev–Trinajstić information content (AvgIpc) is 2.95. The summed E-state index contributed by atoms with van der Waals surface area (Å²) in [6.07, 6.45) is -3.59. The van der Waals surface area contributed by atoms with E-state index >= 15 is 0 Å². The first-order valence-corrected chi connectivity index (χ1v) is 13.0. The summed E-state index contributed by atoms with van der Waals surface area (Å²) in [7, 11) is 0. The Morgan fingerprint density at radius 1 is 1.21 bits per heavy atom. The number of amides is 3. The van der Waals surface area contributed by atoms with Gasteiger partial charge in [-0.15, -0.1) is 24.9 Å². The molecule has 0 radical (unpaired) electrons. The molecular weight excluding hydrogens is 521 g/mol. The van der Waals surface area contributed by atoms with Crippen LogP contribution >= 0.6 is 11.8 Å². The molecule has 0 fully saturated rings. The number of carbonyl (C=O) groups is 3. The van der Waals surface area contributed by atoms with Gasteiger partial charge in [-0.3, -0.25) is 14.4 Å². The van der Waals surface area contributed by atoms with Crippen molar-refractivity contribution in [2.24, 2.45) is 11.1 Å². The Morgan fingerprint density at radius 2 is 1.89 bits per heavy atom. The Kier molecular flexibility index (Phi) is 9.31. The van der Waals surface area contributed by atoms with Gasteiger partial charge in [0.15, 0.2) is 0 Å². The molecule has 0 aromatic heterocycles. The minimum Gasteiger partial charge on any atom is -0.406 e. The molecule has 0 saturated carbocycles. The third kappa shape index (κ3) is 7.87. The number of alkyl halides is 3. The molecule has 3 N–H and O–H groups in total. The number of hydrogen-bond donors (Lipinski definition) is 2. The Labute approximate surface area is 223 Å². The molecule has 3 amide bonds. The van der Waals surface area contributed by atoms with Gasteiger partial charge in [-0.2, -0.15) is 0 Å². The summed E-state index contributed by atoms with van der Waals surface area (Å²) in [6.45, 7) is 6.25. The molecule has 2 aromatic carbocycles. The predicted molar refractivity (Wildman–Crippen MR) is 140 cm³/mol. The SMILES string of the molecule is CC(C)(C)C(=O)NCCCN(C=O)c1ccc2c(c1)N(Cc1ccc(OC(F)(F)F)cc1)C(=O)[C@@H](N)CS2. The van der Waals surface area contributed by atoms with Gasteiger partial charge in [-0.05, 0) is 42.3 Å². The molecule has 38 heavy (non-hydrogen) atoms.